The molecule has 1 aliphatic rings. The molecule has 0 bridgehead atoms. The van der Waals surface area contributed by atoms with Crippen LogP contribution in [0.25, 0.3) is 0 Å². The van der Waals surface area contributed by atoms with Gasteiger partial charge in [0.2, 0.25) is 5.88 Å². The van der Waals surface area contributed by atoms with Crippen LogP contribution in [0.4, 0.5) is 0 Å². The van der Waals surface area contributed by atoms with E-state index in [-0.39, 0.29) is 16.9 Å². The van der Waals surface area contributed by atoms with Crippen LogP contribution < -0.4 is 4.74 Å². The highest BCUT2D eigenvalue weighted by Gasteiger charge is 2.28. The number of aromatic nitrogens is 1. The smallest absolute Gasteiger partial charge is 0.266 e. The number of rotatable bonds is 4. The third-order valence-corrected chi connectivity index (χ3v) is 4.96. The Bertz CT molecular complexity index is 532. The highest BCUT2D eigenvalue weighted by molar-refractivity contribution is 8.13. The average molecular weight is 304 g/mol. The van der Waals surface area contributed by atoms with Crippen molar-refractivity contribution in [1.82, 2.24) is 4.98 Å². The summed E-state index contributed by atoms with van der Waals surface area (Å²) in [4.78, 5) is 3.98. The summed E-state index contributed by atoms with van der Waals surface area (Å²) in [5.74, 6) is 0.587. The van der Waals surface area contributed by atoms with Gasteiger partial charge in [0, 0.05) is 16.9 Å². The molecule has 0 saturated heterocycles. The predicted octanol–water partition coefficient (Wildman–Crippen LogP) is 3.36. The lowest BCUT2D eigenvalue weighted by molar-refractivity contribution is 0.0827. The van der Waals surface area contributed by atoms with Gasteiger partial charge in [-0.25, -0.2) is 13.4 Å². The molecule has 4 nitrogen and oxygen atoms in total. The molecule has 106 valence electrons. The van der Waals surface area contributed by atoms with Gasteiger partial charge in [0.1, 0.15) is 11.0 Å². The molecule has 2 atom stereocenters. The quantitative estimate of drug-likeness (QED) is 0.800. The fourth-order valence-corrected chi connectivity index (χ4v) is 3.49. The van der Waals surface area contributed by atoms with Gasteiger partial charge in [-0.15, -0.1) is 0 Å². The van der Waals surface area contributed by atoms with Gasteiger partial charge in [-0.3, -0.25) is 0 Å². The van der Waals surface area contributed by atoms with Gasteiger partial charge in [0.25, 0.3) is 9.05 Å². The molecule has 0 N–H and O–H groups in total. The molecule has 2 rings (SSSR count). The first kappa shape index (κ1) is 14.6. The van der Waals surface area contributed by atoms with Gasteiger partial charge in [0.05, 0.1) is 0 Å². The van der Waals surface area contributed by atoms with Crippen LogP contribution in [0.15, 0.2) is 23.2 Å². The molecule has 0 aromatic carbocycles. The van der Waals surface area contributed by atoms with Crippen LogP contribution in [0.2, 0.25) is 0 Å². The Balaban J connectivity index is 2.23. The van der Waals surface area contributed by atoms with E-state index in [2.05, 4.69) is 11.9 Å². The van der Waals surface area contributed by atoms with E-state index in [0.717, 1.165) is 25.7 Å². The zero-order valence-electron chi connectivity index (χ0n) is 10.9. The van der Waals surface area contributed by atoms with Crippen LogP contribution in [0.3, 0.4) is 0 Å². The minimum Gasteiger partial charge on any atom is -0.473 e. The molecule has 1 fully saturated rings. The van der Waals surface area contributed by atoms with Gasteiger partial charge >= 0.3 is 0 Å². The first-order valence-corrected chi connectivity index (χ1v) is 8.89. The van der Waals surface area contributed by atoms with Crippen LogP contribution in [0.5, 0.6) is 5.88 Å². The van der Waals surface area contributed by atoms with Crippen molar-refractivity contribution in [3.63, 3.8) is 0 Å². The van der Waals surface area contributed by atoms with Crippen LogP contribution in [-0.4, -0.2) is 19.5 Å². The zero-order valence-corrected chi connectivity index (χ0v) is 12.5. The maximum Gasteiger partial charge on any atom is 0.266 e. The van der Waals surface area contributed by atoms with Crippen LogP contribution >= 0.6 is 10.7 Å². The highest BCUT2D eigenvalue weighted by atomic mass is 35.7. The van der Waals surface area contributed by atoms with Gasteiger partial charge in [-0.05, 0) is 43.7 Å². The molecule has 6 heteroatoms. The van der Waals surface area contributed by atoms with E-state index >= 15 is 0 Å². The van der Waals surface area contributed by atoms with Gasteiger partial charge in [-0.2, -0.15) is 0 Å². The molecular weight excluding hydrogens is 286 g/mol. The molecular formula is C13H18ClNO3S. The number of pyridine rings is 1. The van der Waals surface area contributed by atoms with E-state index in [4.69, 9.17) is 15.4 Å². The molecule has 0 spiro atoms. The lowest BCUT2D eigenvalue weighted by atomic mass is 9.85. The Hall–Kier alpha value is -0.810. The van der Waals surface area contributed by atoms with Crippen molar-refractivity contribution in [2.75, 3.05) is 0 Å². The number of halogens is 1. The summed E-state index contributed by atoms with van der Waals surface area (Å²) in [5, 5.41) is 0. The van der Waals surface area contributed by atoms with E-state index < -0.39 is 9.05 Å². The summed E-state index contributed by atoms with van der Waals surface area (Å²) < 4.78 is 28.8. The summed E-state index contributed by atoms with van der Waals surface area (Å²) in [7, 11) is 1.58. The molecule has 1 aromatic rings. The molecule has 0 amide bonds. The number of hydrogen-bond acceptors (Lipinski definition) is 4. The largest absolute Gasteiger partial charge is 0.473 e. The van der Waals surface area contributed by atoms with Crippen molar-refractivity contribution >= 4 is 19.7 Å². The summed E-state index contributed by atoms with van der Waals surface area (Å²) in [6, 6.07) is 2.97. The Kier molecular flexibility index (Phi) is 4.68. The Morgan fingerprint density at radius 2 is 2.16 bits per heavy atom. The van der Waals surface area contributed by atoms with Crippen LogP contribution in [0, 0.1) is 5.92 Å². The topological polar surface area (TPSA) is 56.3 Å². The van der Waals surface area contributed by atoms with Crippen LogP contribution in [-0.2, 0) is 9.05 Å². The minimum absolute atomic E-state index is 0.0332. The Morgan fingerprint density at radius 1 is 1.42 bits per heavy atom. The normalized spacial score (nSPS) is 24.1. The Morgan fingerprint density at radius 3 is 2.84 bits per heavy atom. The van der Waals surface area contributed by atoms with Crippen molar-refractivity contribution in [3.05, 3.63) is 18.3 Å². The molecule has 19 heavy (non-hydrogen) atoms. The van der Waals surface area contributed by atoms with Gasteiger partial charge < -0.3 is 4.74 Å². The summed E-state index contributed by atoms with van der Waals surface area (Å²) in [6.45, 7) is 2.13. The van der Waals surface area contributed by atoms with Crippen molar-refractivity contribution < 1.29 is 13.2 Å². The van der Waals surface area contributed by atoms with E-state index in [0.29, 0.717) is 5.92 Å². The fraction of sp³-hybridized carbons (Fsp3) is 0.615. The molecule has 0 aliphatic heterocycles. The SMILES string of the molecule is CCC1CCCCC1Oc1ncccc1S(=O)(=O)Cl. The van der Waals surface area contributed by atoms with Crippen LogP contribution in [0.1, 0.15) is 39.0 Å². The second-order valence-corrected chi connectivity index (χ2v) is 7.39. The van der Waals surface area contributed by atoms with Crippen molar-refractivity contribution in [2.45, 2.75) is 50.0 Å². The van der Waals surface area contributed by atoms with E-state index in [1.165, 1.54) is 18.7 Å². The van der Waals surface area contributed by atoms with Gasteiger partial charge in [0.15, 0.2) is 0 Å². The predicted molar refractivity (Wildman–Crippen MR) is 73.9 cm³/mol. The Labute approximate surface area is 118 Å². The summed E-state index contributed by atoms with van der Waals surface area (Å²) in [5.41, 5.74) is 0. The first-order chi connectivity index (χ1) is 9.02. The molecule has 1 aromatic heterocycles. The lowest BCUT2D eigenvalue weighted by Gasteiger charge is -2.31. The first-order valence-electron chi connectivity index (χ1n) is 6.58. The second kappa shape index (κ2) is 6.09. The summed E-state index contributed by atoms with van der Waals surface area (Å²) in [6.07, 6.45) is 6.96. The number of ether oxygens (including phenoxy) is 1. The van der Waals surface area contributed by atoms with Gasteiger partial charge in [-0.1, -0.05) is 13.3 Å². The number of nitrogens with zero attached hydrogens (tertiary/aromatic N) is 1. The lowest BCUT2D eigenvalue weighted by Crippen LogP contribution is -2.30. The van der Waals surface area contributed by atoms with Crippen molar-refractivity contribution in [2.24, 2.45) is 5.92 Å². The summed E-state index contributed by atoms with van der Waals surface area (Å²) >= 11 is 0. The minimum atomic E-state index is -3.82. The van der Waals surface area contributed by atoms with E-state index in [1.807, 2.05) is 0 Å². The maximum absolute atomic E-state index is 11.5. The van der Waals surface area contributed by atoms with Crippen molar-refractivity contribution in [3.8, 4) is 5.88 Å². The molecule has 2 unspecified atom stereocenters. The molecule has 0 radical (unpaired) electrons. The zero-order chi connectivity index (χ0) is 13.9. The third-order valence-electron chi connectivity index (χ3n) is 3.63. The average Bonchev–Trinajstić information content (AvgIpc) is 2.39. The fourth-order valence-electron chi connectivity index (χ4n) is 2.59. The van der Waals surface area contributed by atoms with E-state index in [1.54, 1.807) is 6.07 Å². The second-order valence-electron chi connectivity index (χ2n) is 4.85. The van der Waals surface area contributed by atoms with E-state index in [9.17, 15) is 8.42 Å². The maximum atomic E-state index is 11.5. The molecule has 1 heterocycles. The number of hydrogen-bond donors (Lipinski definition) is 0. The highest BCUT2D eigenvalue weighted by Crippen LogP contribution is 2.32. The third kappa shape index (κ3) is 3.60. The molecule has 1 saturated carbocycles. The standard InChI is InChI=1S/C13H18ClNO3S/c1-2-10-6-3-4-7-11(10)18-13-12(19(14,16)17)8-5-9-15-13/h5,8-11H,2-4,6-7H2,1H3. The van der Waals surface area contributed by atoms with Crippen molar-refractivity contribution in [1.29, 1.82) is 0 Å². The monoisotopic (exact) mass is 303 g/mol. The molecule has 1 aliphatic carbocycles.